The molecule has 0 radical (unpaired) electrons. The van der Waals surface area contributed by atoms with Crippen molar-refractivity contribution in [2.24, 2.45) is 0 Å². The second-order valence-electron chi connectivity index (χ2n) is 5.01. The largest absolute Gasteiger partial charge is 0.507 e. The van der Waals surface area contributed by atoms with Crippen LogP contribution in [0.3, 0.4) is 0 Å². The van der Waals surface area contributed by atoms with Crippen molar-refractivity contribution in [1.29, 1.82) is 0 Å². The van der Waals surface area contributed by atoms with E-state index in [2.05, 4.69) is 5.32 Å². The van der Waals surface area contributed by atoms with E-state index < -0.39 is 23.4 Å². The van der Waals surface area contributed by atoms with Crippen molar-refractivity contribution < 1.29 is 24.4 Å². The maximum absolute atomic E-state index is 11.9. The SMILES string of the molecule is Cc1cccc(C(=O)OCC(=O)Nc2ccc(Cl)cc2[N+](=O)[O-])c1O. The number of rotatable bonds is 5. The molecule has 25 heavy (non-hydrogen) atoms. The number of aromatic hydroxyl groups is 1. The van der Waals surface area contributed by atoms with Gasteiger partial charge in [-0.05, 0) is 30.7 Å². The number of carbonyl (C=O) groups is 2. The van der Waals surface area contributed by atoms with Gasteiger partial charge in [0.25, 0.3) is 11.6 Å². The van der Waals surface area contributed by atoms with Crippen LogP contribution in [0.2, 0.25) is 5.02 Å². The number of ether oxygens (including phenoxy) is 1. The first-order chi connectivity index (χ1) is 11.8. The van der Waals surface area contributed by atoms with Crippen LogP contribution in [0, 0.1) is 17.0 Å². The molecule has 0 aliphatic heterocycles. The number of esters is 1. The molecule has 0 bridgehead atoms. The number of para-hydroxylation sites is 1. The molecular formula is C16H13ClN2O6. The number of amides is 1. The number of halogens is 1. The van der Waals surface area contributed by atoms with Crippen LogP contribution in [0.25, 0.3) is 0 Å². The van der Waals surface area contributed by atoms with E-state index in [4.69, 9.17) is 16.3 Å². The van der Waals surface area contributed by atoms with Crippen LogP contribution in [0.15, 0.2) is 36.4 Å². The summed E-state index contributed by atoms with van der Waals surface area (Å²) in [6, 6.07) is 8.26. The van der Waals surface area contributed by atoms with E-state index >= 15 is 0 Å². The normalized spacial score (nSPS) is 10.2. The first-order valence-electron chi connectivity index (χ1n) is 6.99. The smallest absolute Gasteiger partial charge is 0.342 e. The summed E-state index contributed by atoms with van der Waals surface area (Å²) >= 11 is 5.69. The average Bonchev–Trinajstić information content (AvgIpc) is 2.56. The fraction of sp³-hybridized carbons (Fsp3) is 0.125. The first kappa shape index (κ1) is 18.2. The van der Waals surface area contributed by atoms with Crippen LogP contribution >= 0.6 is 11.6 Å². The fourth-order valence-electron chi connectivity index (χ4n) is 1.98. The summed E-state index contributed by atoms with van der Waals surface area (Å²) in [5.41, 5.74) is -0.0571. The van der Waals surface area contributed by atoms with Crippen LogP contribution in [0.4, 0.5) is 11.4 Å². The minimum Gasteiger partial charge on any atom is -0.507 e. The summed E-state index contributed by atoms with van der Waals surface area (Å²) in [5.74, 6) is -1.89. The van der Waals surface area contributed by atoms with Gasteiger partial charge in [0.2, 0.25) is 0 Å². The van der Waals surface area contributed by atoms with E-state index in [0.717, 1.165) is 6.07 Å². The van der Waals surface area contributed by atoms with Crippen molar-refractivity contribution in [3.8, 4) is 5.75 Å². The molecule has 0 aliphatic rings. The average molecular weight is 365 g/mol. The summed E-state index contributed by atoms with van der Waals surface area (Å²) in [6.45, 7) is 0.935. The highest BCUT2D eigenvalue weighted by Gasteiger charge is 2.19. The zero-order valence-corrected chi connectivity index (χ0v) is 13.7. The zero-order valence-electron chi connectivity index (χ0n) is 13.0. The van der Waals surface area contributed by atoms with E-state index in [1.807, 2.05) is 0 Å². The molecule has 2 N–H and O–H groups in total. The number of benzene rings is 2. The Labute approximate surface area is 147 Å². The fourth-order valence-corrected chi connectivity index (χ4v) is 2.15. The lowest BCUT2D eigenvalue weighted by atomic mass is 10.1. The van der Waals surface area contributed by atoms with Gasteiger partial charge in [-0.25, -0.2) is 4.79 Å². The molecule has 130 valence electrons. The molecule has 9 heteroatoms. The molecule has 0 aliphatic carbocycles. The van der Waals surface area contributed by atoms with Crippen molar-refractivity contribution in [1.82, 2.24) is 0 Å². The highest BCUT2D eigenvalue weighted by molar-refractivity contribution is 6.31. The minimum absolute atomic E-state index is 0.0751. The maximum atomic E-state index is 11.9. The third-order valence-corrected chi connectivity index (χ3v) is 3.46. The van der Waals surface area contributed by atoms with Gasteiger partial charge in [0.1, 0.15) is 17.0 Å². The molecule has 0 unspecified atom stereocenters. The van der Waals surface area contributed by atoms with Gasteiger partial charge in [0.15, 0.2) is 6.61 Å². The molecule has 1 amide bonds. The van der Waals surface area contributed by atoms with Crippen LogP contribution in [0.5, 0.6) is 5.75 Å². The number of phenols is 1. The second kappa shape index (κ2) is 7.63. The maximum Gasteiger partial charge on any atom is 0.342 e. The van der Waals surface area contributed by atoms with Gasteiger partial charge in [-0.3, -0.25) is 14.9 Å². The molecule has 8 nitrogen and oxygen atoms in total. The second-order valence-corrected chi connectivity index (χ2v) is 5.45. The third kappa shape index (κ3) is 4.45. The highest BCUT2D eigenvalue weighted by atomic mass is 35.5. The van der Waals surface area contributed by atoms with E-state index in [-0.39, 0.29) is 27.7 Å². The van der Waals surface area contributed by atoms with Gasteiger partial charge < -0.3 is 15.2 Å². The molecule has 0 spiro atoms. The highest BCUT2D eigenvalue weighted by Crippen LogP contribution is 2.27. The third-order valence-electron chi connectivity index (χ3n) is 3.22. The van der Waals surface area contributed by atoms with Gasteiger partial charge in [-0.15, -0.1) is 0 Å². The number of carbonyl (C=O) groups excluding carboxylic acids is 2. The van der Waals surface area contributed by atoms with E-state index in [9.17, 15) is 24.8 Å². The molecule has 2 aromatic rings. The van der Waals surface area contributed by atoms with Gasteiger partial charge >= 0.3 is 5.97 Å². The Kier molecular flexibility index (Phi) is 5.56. The number of aryl methyl sites for hydroxylation is 1. The molecule has 2 aromatic carbocycles. The summed E-state index contributed by atoms with van der Waals surface area (Å²) in [5, 5.41) is 23.2. The quantitative estimate of drug-likeness (QED) is 0.478. The number of nitrogens with zero attached hydrogens (tertiary/aromatic N) is 1. The van der Waals surface area contributed by atoms with Crippen LogP contribution in [-0.4, -0.2) is 28.5 Å². The zero-order chi connectivity index (χ0) is 18.6. The number of nitrogens with one attached hydrogen (secondary N) is 1. The number of anilines is 1. The summed E-state index contributed by atoms with van der Waals surface area (Å²) < 4.78 is 4.82. The molecule has 0 fully saturated rings. The standard InChI is InChI=1S/C16H13ClN2O6/c1-9-3-2-4-11(15(9)21)16(22)25-8-14(20)18-12-6-5-10(17)7-13(12)19(23)24/h2-7,21H,8H2,1H3,(H,18,20). The molecule has 0 atom stereocenters. The number of hydrogen-bond donors (Lipinski definition) is 2. The Bertz CT molecular complexity index is 853. The molecule has 0 saturated heterocycles. The van der Waals surface area contributed by atoms with Crippen molar-refractivity contribution in [3.05, 3.63) is 62.7 Å². The van der Waals surface area contributed by atoms with E-state index in [0.29, 0.717) is 5.56 Å². The number of phenolic OH excluding ortho intramolecular Hbond substituents is 1. The number of nitro benzene ring substituents is 1. The molecule has 0 saturated carbocycles. The summed E-state index contributed by atoms with van der Waals surface area (Å²) in [4.78, 5) is 34.0. The minimum atomic E-state index is -0.887. The molecule has 2 rings (SSSR count). The molecular weight excluding hydrogens is 352 g/mol. The van der Waals surface area contributed by atoms with Crippen molar-refractivity contribution >= 4 is 34.9 Å². The Morgan fingerprint density at radius 3 is 2.72 bits per heavy atom. The van der Waals surface area contributed by atoms with Gasteiger partial charge in [-0.1, -0.05) is 23.7 Å². The van der Waals surface area contributed by atoms with Crippen molar-refractivity contribution in [3.63, 3.8) is 0 Å². The van der Waals surface area contributed by atoms with Crippen molar-refractivity contribution in [2.75, 3.05) is 11.9 Å². The van der Waals surface area contributed by atoms with Crippen LogP contribution in [-0.2, 0) is 9.53 Å². The lowest BCUT2D eigenvalue weighted by molar-refractivity contribution is -0.383. The Morgan fingerprint density at radius 2 is 2.04 bits per heavy atom. The number of nitro groups is 1. The Hall–Kier alpha value is -3.13. The predicted octanol–water partition coefficient (Wildman–Crippen LogP) is 3.06. The van der Waals surface area contributed by atoms with Crippen molar-refractivity contribution in [2.45, 2.75) is 6.92 Å². The lowest BCUT2D eigenvalue weighted by Gasteiger charge is -2.09. The lowest BCUT2D eigenvalue weighted by Crippen LogP contribution is -2.21. The summed E-state index contributed by atoms with van der Waals surface area (Å²) in [7, 11) is 0. The Balaban J connectivity index is 2.03. The Morgan fingerprint density at radius 1 is 1.32 bits per heavy atom. The van der Waals surface area contributed by atoms with Gasteiger partial charge in [-0.2, -0.15) is 0 Å². The van der Waals surface area contributed by atoms with E-state index in [1.165, 1.54) is 18.2 Å². The molecule has 0 heterocycles. The predicted molar refractivity (Wildman–Crippen MR) is 89.9 cm³/mol. The molecule has 0 aromatic heterocycles. The van der Waals surface area contributed by atoms with Gasteiger partial charge in [0.05, 0.1) is 4.92 Å². The van der Waals surface area contributed by atoms with Crippen LogP contribution in [0.1, 0.15) is 15.9 Å². The topological polar surface area (TPSA) is 119 Å². The van der Waals surface area contributed by atoms with Crippen LogP contribution < -0.4 is 5.32 Å². The summed E-state index contributed by atoms with van der Waals surface area (Å²) in [6.07, 6.45) is 0. The monoisotopic (exact) mass is 364 g/mol. The van der Waals surface area contributed by atoms with Gasteiger partial charge in [0, 0.05) is 11.1 Å². The van der Waals surface area contributed by atoms with E-state index in [1.54, 1.807) is 19.1 Å². The number of hydrogen-bond acceptors (Lipinski definition) is 6. The first-order valence-corrected chi connectivity index (χ1v) is 7.37.